The van der Waals surface area contributed by atoms with Crippen LogP contribution in [0, 0.1) is 11.6 Å². The predicted octanol–water partition coefficient (Wildman–Crippen LogP) is 4.62. The topological polar surface area (TPSA) is 26.0 Å². The van der Waals surface area contributed by atoms with E-state index in [0.717, 1.165) is 5.56 Å². The summed E-state index contributed by atoms with van der Waals surface area (Å²) in [6.07, 6.45) is 0.382. The number of nitrogens with two attached hydrogens (primary N) is 1. The van der Waals surface area contributed by atoms with Crippen LogP contribution in [-0.2, 0) is 6.42 Å². The second kappa shape index (κ2) is 5.99. The van der Waals surface area contributed by atoms with Gasteiger partial charge in [0.15, 0.2) is 0 Å². The van der Waals surface area contributed by atoms with Gasteiger partial charge in [-0.05, 0) is 46.1 Å². The molecule has 0 amide bonds. The number of halogens is 4. The number of benzene rings is 2. The van der Waals surface area contributed by atoms with Gasteiger partial charge < -0.3 is 5.73 Å². The van der Waals surface area contributed by atoms with Crippen LogP contribution in [-0.4, -0.2) is 0 Å². The van der Waals surface area contributed by atoms with Crippen LogP contribution in [0.3, 0.4) is 0 Å². The van der Waals surface area contributed by atoms with Crippen LogP contribution in [0.4, 0.5) is 8.78 Å². The van der Waals surface area contributed by atoms with E-state index in [1.807, 2.05) is 0 Å². The first-order chi connectivity index (χ1) is 8.99. The zero-order valence-corrected chi connectivity index (χ0v) is 12.2. The van der Waals surface area contributed by atoms with Crippen molar-refractivity contribution in [3.63, 3.8) is 0 Å². The average Bonchev–Trinajstić information content (AvgIpc) is 2.37. The fraction of sp³-hybridized carbons (Fsp3) is 0.143. The van der Waals surface area contributed by atoms with Gasteiger partial charge in [0.25, 0.3) is 0 Å². The van der Waals surface area contributed by atoms with Gasteiger partial charge in [0.2, 0.25) is 0 Å². The standard InChI is InChI=1S/C14H11BrClF2N/c15-10-3-1-2-9(14(10)18)13(19)7-8-4-5-12(17)11(16)6-8/h1-6,13H,7,19H2. The molecule has 1 nitrogen and oxygen atoms in total. The Labute approximate surface area is 123 Å². The van der Waals surface area contributed by atoms with E-state index >= 15 is 0 Å². The van der Waals surface area contributed by atoms with E-state index in [9.17, 15) is 8.78 Å². The zero-order chi connectivity index (χ0) is 14.0. The van der Waals surface area contributed by atoms with Crippen LogP contribution in [0.5, 0.6) is 0 Å². The minimum absolute atomic E-state index is 0.0411. The summed E-state index contributed by atoms with van der Waals surface area (Å²) < 4.78 is 27.3. The lowest BCUT2D eigenvalue weighted by Gasteiger charge is -2.14. The Hall–Kier alpha value is -0.970. The van der Waals surface area contributed by atoms with Crippen molar-refractivity contribution in [1.82, 2.24) is 0 Å². The average molecular weight is 347 g/mol. The molecule has 0 aliphatic heterocycles. The molecule has 19 heavy (non-hydrogen) atoms. The van der Waals surface area contributed by atoms with E-state index in [1.54, 1.807) is 24.3 Å². The summed E-state index contributed by atoms with van der Waals surface area (Å²) in [5.41, 5.74) is 7.16. The Morgan fingerprint density at radius 2 is 1.95 bits per heavy atom. The third kappa shape index (κ3) is 3.32. The summed E-state index contributed by atoms with van der Waals surface area (Å²) in [6, 6.07) is 8.83. The van der Waals surface area contributed by atoms with Crippen LogP contribution < -0.4 is 5.73 Å². The van der Waals surface area contributed by atoms with Crippen LogP contribution >= 0.6 is 27.5 Å². The highest BCUT2D eigenvalue weighted by molar-refractivity contribution is 9.10. The van der Waals surface area contributed by atoms with Gasteiger partial charge >= 0.3 is 0 Å². The lowest BCUT2D eigenvalue weighted by Crippen LogP contribution is -2.15. The fourth-order valence-electron chi connectivity index (χ4n) is 1.84. The number of hydrogen-bond acceptors (Lipinski definition) is 1. The van der Waals surface area contributed by atoms with Gasteiger partial charge in [-0.2, -0.15) is 0 Å². The summed E-state index contributed by atoms with van der Waals surface area (Å²) in [6.45, 7) is 0. The maximum atomic E-state index is 13.9. The minimum atomic E-state index is -0.515. The molecule has 1 atom stereocenters. The highest BCUT2D eigenvalue weighted by Crippen LogP contribution is 2.26. The minimum Gasteiger partial charge on any atom is -0.324 e. The summed E-state index contributed by atoms with van der Waals surface area (Å²) in [4.78, 5) is 0. The molecule has 0 heterocycles. The molecule has 2 rings (SSSR count). The van der Waals surface area contributed by atoms with E-state index in [0.29, 0.717) is 16.5 Å². The van der Waals surface area contributed by atoms with Crippen molar-refractivity contribution >= 4 is 27.5 Å². The molecule has 2 aromatic carbocycles. The van der Waals surface area contributed by atoms with Gasteiger partial charge in [0.05, 0.1) is 9.50 Å². The lowest BCUT2D eigenvalue weighted by molar-refractivity contribution is 0.574. The fourth-order valence-corrected chi connectivity index (χ4v) is 2.42. The quantitative estimate of drug-likeness (QED) is 0.862. The van der Waals surface area contributed by atoms with Crippen LogP contribution in [0.15, 0.2) is 40.9 Å². The molecule has 0 aliphatic rings. The molecular weight excluding hydrogens is 336 g/mol. The monoisotopic (exact) mass is 345 g/mol. The Bertz CT molecular complexity index is 604. The van der Waals surface area contributed by atoms with Crippen molar-refractivity contribution in [2.24, 2.45) is 5.73 Å². The SMILES string of the molecule is NC(Cc1ccc(F)c(Cl)c1)c1cccc(Br)c1F. The van der Waals surface area contributed by atoms with E-state index in [1.165, 1.54) is 12.1 Å². The lowest BCUT2D eigenvalue weighted by atomic mass is 9.99. The van der Waals surface area contributed by atoms with Crippen molar-refractivity contribution in [3.8, 4) is 0 Å². The van der Waals surface area contributed by atoms with Gasteiger partial charge in [-0.1, -0.05) is 29.8 Å². The van der Waals surface area contributed by atoms with Gasteiger partial charge in [-0.3, -0.25) is 0 Å². The van der Waals surface area contributed by atoms with E-state index in [4.69, 9.17) is 17.3 Å². The molecule has 0 saturated heterocycles. The highest BCUT2D eigenvalue weighted by atomic mass is 79.9. The second-order valence-electron chi connectivity index (χ2n) is 4.20. The molecule has 0 aromatic heterocycles. The molecule has 5 heteroatoms. The van der Waals surface area contributed by atoms with Crippen molar-refractivity contribution in [2.75, 3.05) is 0 Å². The largest absolute Gasteiger partial charge is 0.324 e. The Morgan fingerprint density at radius 1 is 1.21 bits per heavy atom. The first-order valence-corrected chi connectivity index (χ1v) is 6.79. The van der Waals surface area contributed by atoms with Gasteiger partial charge in [-0.15, -0.1) is 0 Å². The molecule has 100 valence electrons. The zero-order valence-electron chi connectivity index (χ0n) is 9.84. The molecule has 2 aromatic rings. The first kappa shape index (κ1) is 14.4. The number of rotatable bonds is 3. The molecule has 0 radical (unpaired) electrons. The van der Waals surface area contributed by atoms with Crippen molar-refractivity contribution in [3.05, 3.63) is 68.7 Å². The third-order valence-electron chi connectivity index (χ3n) is 2.82. The smallest absolute Gasteiger partial charge is 0.142 e. The van der Waals surface area contributed by atoms with Crippen LogP contribution in [0.25, 0.3) is 0 Å². The molecule has 0 bridgehead atoms. The predicted molar refractivity (Wildman–Crippen MR) is 76.1 cm³/mol. The molecule has 0 saturated carbocycles. The van der Waals surface area contributed by atoms with E-state index in [2.05, 4.69) is 15.9 Å². The molecule has 0 spiro atoms. The molecular formula is C14H11BrClF2N. The van der Waals surface area contributed by atoms with Crippen molar-refractivity contribution in [2.45, 2.75) is 12.5 Å². The Morgan fingerprint density at radius 3 is 2.63 bits per heavy atom. The molecule has 1 unspecified atom stereocenters. The normalized spacial score (nSPS) is 12.5. The summed E-state index contributed by atoms with van der Waals surface area (Å²) in [5, 5.41) is 0.0411. The maximum Gasteiger partial charge on any atom is 0.142 e. The first-order valence-electron chi connectivity index (χ1n) is 5.62. The molecule has 0 aliphatic carbocycles. The van der Waals surface area contributed by atoms with Gasteiger partial charge in [-0.25, -0.2) is 8.78 Å². The molecule has 2 N–H and O–H groups in total. The van der Waals surface area contributed by atoms with Crippen LogP contribution in [0.2, 0.25) is 5.02 Å². The second-order valence-corrected chi connectivity index (χ2v) is 5.46. The van der Waals surface area contributed by atoms with E-state index in [-0.39, 0.29) is 10.8 Å². The number of hydrogen-bond donors (Lipinski definition) is 1. The van der Waals surface area contributed by atoms with E-state index < -0.39 is 11.9 Å². The summed E-state index contributed by atoms with van der Waals surface area (Å²) >= 11 is 8.82. The summed E-state index contributed by atoms with van der Waals surface area (Å²) in [7, 11) is 0. The Balaban J connectivity index is 2.23. The van der Waals surface area contributed by atoms with Gasteiger partial charge in [0.1, 0.15) is 11.6 Å². The molecule has 0 fully saturated rings. The van der Waals surface area contributed by atoms with Crippen LogP contribution in [0.1, 0.15) is 17.2 Å². The summed E-state index contributed by atoms with van der Waals surface area (Å²) in [5.74, 6) is -0.851. The van der Waals surface area contributed by atoms with Crippen molar-refractivity contribution < 1.29 is 8.78 Å². The Kier molecular flexibility index (Phi) is 4.55. The van der Waals surface area contributed by atoms with Gasteiger partial charge in [0, 0.05) is 11.6 Å². The highest BCUT2D eigenvalue weighted by Gasteiger charge is 2.14. The third-order valence-corrected chi connectivity index (χ3v) is 3.72. The van der Waals surface area contributed by atoms with Crippen molar-refractivity contribution in [1.29, 1.82) is 0 Å². The maximum absolute atomic E-state index is 13.9.